The Morgan fingerprint density at radius 2 is 1.76 bits per heavy atom. The average Bonchev–Trinajstić information content (AvgIpc) is 2.97. The monoisotopic (exact) mass is 609 g/mol. The van der Waals surface area contributed by atoms with Crippen molar-refractivity contribution in [1.82, 2.24) is 29.1 Å². The third-order valence-corrected chi connectivity index (χ3v) is 9.42. The fourth-order valence-corrected chi connectivity index (χ4v) is 6.99. The van der Waals surface area contributed by atoms with Crippen molar-refractivity contribution in [2.75, 3.05) is 44.7 Å². The van der Waals surface area contributed by atoms with Crippen LogP contribution in [0.15, 0.2) is 59.8 Å². The van der Waals surface area contributed by atoms with Gasteiger partial charge in [0.25, 0.3) is 0 Å². The molecule has 2 fully saturated rings. The molecule has 0 radical (unpaired) electrons. The normalized spacial score (nSPS) is 20.5. The summed E-state index contributed by atoms with van der Waals surface area (Å²) in [6.45, 7) is 7.68. The molecular weight excluding hydrogens is 578 g/mol. The molecule has 0 spiro atoms. The van der Waals surface area contributed by atoms with Gasteiger partial charge in [-0.15, -0.1) is 0 Å². The molecular formula is C29H32ClN7O4S. The predicted octanol–water partition coefficient (Wildman–Crippen LogP) is 4.11. The van der Waals surface area contributed by atoms with Crippen molar-refractivity contribution in [2.24, 2.45) is 0 Å². The summed E-state index contributed by atoms with van der Waals surface area (Å²) in [4.78, 5) is 21.4. The second-order valence-corrected chi connectivity index (χ2v) is 12.9. The maximum Gasteiger partial charge on any atom is 0.243 e. The number of nitrogens with one attached hydrogen (secondary N) is 1. The van der Waals surface area contributed by atoms with Crippen molar-refractivity contribution < 1.29 is 17.9 Å². The largest absolute Gasteiger partial charge is 0.379 e. The van der Waals surface area contributed by atoms with Crippen LogP contribution in [0.4, 0.5) is 11.5 Å². The fraction of sp³-hybridized carbons (Fsp3) is 0.379. The smallest absolute Gasteiger partial charge is 0.243 e. The highest BCUT2D eigenvalue weighted by Gasteiger charge is 2.27. The third-order valence-electron chi connectivity index (χ3n) is 7.20. The molecule has 2 atom stereocenters. The first-order valence-electron chi connectivity index (χ1n) is 13.9. The van der Waals surface area contributed by atoms with Gasteiger partial charge in [-0.1, -0.05) is 11.6 Å². The quantitative estimate of drug-likeness (QED) is 0.327. The van der Waals surface area contributed by atoms with Crippen LogP contribution in [0, 0.1) is 0 Å². The van der Waals surface area contributed by atoms with Crippen molar-refractivity contribution in [2.45, 2.75) is 37.5 Å². The van der Waals surface area contributed by atoms with Crippen molar-refractivity contribution in [3.05, 3.63) is 65.7 Å². The van der Waals surface area contributed by atoms with Gasteiger partial charge < -0.3 is 14.8 Å². The molecule has 13 heteroatoms. The Balaban J connectivity index is 1.33. The molecule has 11 nitrogen and oxygen atoms in total. The number of aromatic nitrogens is 4. The number of fused-ring (bicyclic) bond motifs is 1. The second kappa shape index (κ2) is 12.2. The molecule has 5 heterocycles. The topological polar surface area (TPSA) is 123 Å². The lowest BCUT2D eigenvalue weighted by Gasteiger charge is -2.34. The summed E-state index contributed by atoms with van der Waals surface area (Å²) >= 11 is 6.42. The molecule has 0 aliphatic carbocycles. The minimum Gasteiger partial charge on any atom is -0.379 e. The molecule has 1 N–H and O–H groups in total. The molecule has 2 aliphatic heterocycles. The third kappa shape index (κ3) is 6.24. The molecule has 0 unspecified atom stereocenters. The SMILES string of the molecule is C[C@@H]1CN(Cc2nc(Nc3ccc(S(=O)(=O)N4CCOCC4)cc3)c3ncc(-c4ncccc4Cl)cc3n2)C[C@H](C)O1. The zero-order valence-corrected chi connectivity index (χ0v) is 25.0. The van der Waals surface area contributed by atoms with Gasteiger partial charge in [0.1, 0.15) is 11.3 Å². The number of rotatable bonds is 7. The zero-order chi connectivity index (χ0) is 29.3. The van der Waals surface area contributed by atoms with Crippen LogP contribution in [0.3, 0.4) is 0 Å². The van der Waals surface area contributed by atoms with Crippen LogP contribution in [0.2, 0.25) is 5.02 Å². The van der Waals surface area contributed by atoms with E-state index in [1.165, 1.54) is 4.31 Å². The van der Waals surface area contributed by atoms with Gasteiger partial charge in [-0.2, -0.15) is 4.31 Å². The van der Waals surface area contributed by atoms with E-state index in [9.17, 15) is 8.42 Å². The highest BCUT2D eigenvalue weighted by molar-refractivity contribution is 7.89. The van der Waals surface area contributed by atoms with Crippen molar-refractivity contribution in [1.29, 1.82) is 0 Å². The number of ether oxygens (including phenoxy) is 2. The van der Waals surface area contributed by atoms with Crippen LogP contribution in [0.5, 0.6) is 0 Å². The summed E-state index contributed by atoms with van der Waals surface area (Å²) in [7, 11) is -3.60. The first-order valence-corrected chi connectivity index (χ1v) is 15.7. The Hall–Kier alpha value is -3.26. The van der Waals surface area contributed by atoms with Crippen LogP contribution in [0.25, 0.3) is 22.3 Å². The van der Waals surface area contributed by atoms with E-state index in [0.717, 1.165) is 18.7 Å². The molecule has 0 saturated carbocycles. The lowest BCUT2D eigenvalue weighted by Crippen LogP contribution is -2.45. The number of halogens is 1. The lowest BCUT2D eigenvalue weighted by molar-refractivity contribution is -0.0710. The summed E-state index contributed by atoms with van der Waals surface area (Å²) in [6, 6.07) is 12.1. The Kier molecular flexibility index (Phi) is 8.35. The maximum absolute atomic E-state index is 13.1. The molecule has 220 valence electrons. The van der Waals surface area contributed by atoms with Crippen molar-refractivity contribution >= 4 is 44.2 Å². The first-order chi connectivity index (χ1) is 20.3. The van der Waals surface area contributed by atoms with Crippen LogP contribution in [-0.4, -0.2) is 89.2 Å². The molecule has 3 aromatic heterocycles. The average molecular weight is 610 g/mol. The van der Waals surface area contributed by atoms with E-state index >= 15 is 0 Å². The van der Waals surface area contributed by atoms with Gasteiger partial charge in [0, 0.05) is 49.8 Å². The molecule has 2 aliphatic rings. The number of nitrogens with zero attached hydrogens (tertiary/aromatic N) is 6. The summed E-state index contributed by atoms with van der Waals surface area (Å²) in [5.74, 6) is 1.15. The first kappa shape index (κ1) is 28.8. The zero-order valence-electron chi connectivity index (χ0n) is 23.4. The Labute approximate surface area is 249 Å². The number of hydrogen-bond donors (Lipinski definition) is 1. The number of anilines is 2. The van der Waals surface area contributed by atoms with Gasteiger partial charge in [0.15, 0.2) is 5.82 Å². The Morgan fingerprint density at radius 1 is 1.02 bits per heavy atom. The van der Waals surface area contributed by atoms with Crippen LogP contribution < -0.4 is 5.32 Å². The Morgan fingerprint density at radius 3 is 2.48 bits per heavy atom. The van der Waals surface area contributed by atoms with E-state index in [2.05, 4.69) is 29.0 Å². The second-order valence-electron chi connectivity index (χ2n) is 10.5. The number of sulfonamides is 1. The lowest BCUT2D eigenvalue weighted by atomic mass is 10.1. The summed E-state index contributed by atoms with van der Waals surface area (Å²) in [5, 5.41) is 3.87. The van der Waals surface area contributed by atoms with Crippen LogP contribution in [0.1, 0.15) is 19.7 Å². The standard InChI is InChI=1S/C29H32ClN7O4S/c1-19-16-36(17-20(2)41-19)18-26-34-25-14-21(27-24(30)4-3-9-31-27)15-32-28(25)29(35-26)33-22-5-7-23(8-6-22)42(38,39)37-10-12-40-13-11-37/h3-9,14-15,19-20H,10-13,16-18H2,1-2H3,(H,33,34,35)/t19-,20+. The van der Waals surface area contributed by atoms with E-state index in [1.54, 1.807) is 48.8 Å². The summed E-state index contributed by atoms with van der Waals surface area (Å²) in [6.07, 6.45) is 3.61. The fourth-order valence-electron chi connectivity index (χ4n) is 5.35. The van der Waals surface area contributed by atoms with Crippen molar-refractivity contribution in [3.8, 4) is 11.3 Å². The van der Waals surface area contributed by atoms with E-state index < -0.39 is 10.0 Å². The predicted molar refractivity (Wildman–Crippen MR) is 160 cm³/mol. The Bertz CT molecular complexity index is 1670. The van der Waals surface area contributed by atoms with E-state index in [-0.39, 0.29) is 17.1 Å². The van der Waals surface area contributed by atoms with Gasteiger partial charge in [0.2, 0.25) is 10.0 Å². The maximum atomic E-state index is 13.1. The van der Waals surface area contributed by atoms with Gasteiger partial charge in [-0.3, -0.25) is 9.88 Å². The molecule has 6 rings (SSSR count). The van der Waals surface area contributed by atoms with Gasteiger partial charge in [-0.05, 0) is 56.3 Å². The number of benzene rings is 1. The van der Waals surface area contributed by atoms with Crippen molar-refractivity contribution in [3.63, 3.8) is 0 Å². The molecule has 0 amide bonds. The minimum absolute atomic E-state index is 0.110. The van der Waals surface area contributed by atoms with Gasteiger partial charge >= 0.3 is 0 Å². The highest BCUT2D eigenvalue weighted by atomic mass is 35.5. The summed E-state index contributed by atoms with van der Waals surface area (Å²) in [5.41, 5.74) is 3.26. The minimum atomic E-state index is -3.60. The number of pyridine rings is 2. The van der Waals surface area contributed by atoms with E-state index in [4.69, 9.17) is 36.0 Å². The number of hydrogen-bond acceptors (Lipinski definition) is 10. The van der Waals surface area contributed by atoms with E-state index in [1.807, 2.05) is 6.07 Å². The van der Waals surface area contributed by atoms with Gasteiger partial charge in [0.05, 0.1) is 53.1 Å². The van der Waals surface area contributed by atoms with E-state index in [0.29, 0.717) is 71.9 Å². The summed E-state index contributed by atoms with van der Waals surface area (Å²) < 4.78 is 38.8. The molecule has 0 bridgehead atoms. The molecule has 2 saturated heterocycles. The molecule has 4 aromatic rings. The highest BCUT2D eigenvalue weighted by Crippen LogP contribution is 2.30. The number of morpholine rings is 2. The molecule has 1 aromatic carbocycles. The van der Waals surface area contributed by atoms with Gasteiger partial charge in [-0.25, -0.2) is 23.4 Å². The van der Waals surface area contributed by atoms with Crippen LogP contribution in [-0.2, 0) is 26.0 Å². The van der Waals surface area contributed by atoms with Crippen LogP contribution >= 0.6 is 11.6 Å². The molecule has 42 heavy (non-hydrogen) atoms.